The minimum atomic E-state index is -4.46. The number of hydrogen-bond acceptors (Lipinski definition) is 5. The third-order valence-electron chi connectivity index (χ3n) is 4.31. The molecule has 0 saturated carbocycles. The van der Waals surface area contributed by atoms with Crippen LogP contribution >= 0.6 is 11.8 Å². The van der Waals surface area contributed by atoms with Crippen LogP contribution in [0.2, 0.25) is 0 Å². The Hall–Kier alpha value is -3.20. The topological polar surface area (TPSA) is 62.8 Å². The number of nitrogens with one attached hydrogen (secondary N) is 2. The number of aromatic nitrogens is 3. The molecule has 154 valence electrons. The number of aromatic amines is 1. The number of H-pyrrole nitrogens is 1. The van der Waals surface area contributed by atoms with Crippen LogP contribution in [-0.4, -0.2) is 22.1 Å². The molecule has 0 bridgehead atoms. The van der Waals surface area contributed by atoms with Gasteiger partial charge in [-0.3, -0.25) is 4.98 Å². The average Bonchev–Trinajstić information content (AvgIpc) is 3.15. The zero-order chi connectivity index (χ0) is 21.1. The van der Waals surface area contributed by atoms with Gasteiger partial charge in [0, 0.05) is 22.5 Å². The molecule has 0 aliphatic rings. The van der Waals surface area contributed by atoms with E-state index in [4.69, 9.17) is 4.74 Å². The van der Waals surface area contributed by atoms with Gasteiger partial charge in [-0.1, -0.05) is 0 Å². The zero-order valence-corrected chi connectivity index (χ0v) is 16.6. The molecule has 30 heavy (non-hydrogen) atoms. The van der Waals surface area contributed by atoms with E-state index >= 15 is 0 Å². The highest BCUT2D eigenvalue weighted by Gasteiger charge is 2.32. The molecule has 2 heterocycles. The van der Waals surface area contributed by atoms with Gasteiger partial charge < -0.3 is 15.0 Å². The first-order chi connectivity index (χ1) is 14.4. The SMILES string of the molecule is COc1ccc(Nc2ccc3[nH]c(CSc4ccnc(C(F)(F)F)c4)nc3c2)cc1. The summed E-state index contributed by atoms with van der Waals surface area (Å²) in [6.07, 6.45) is -3.29. The molecular formula is C21H17F3N4OS. The predicted octanol–water partition coefficient (Wildman–Crippen LogP) is 6.02. The van der Waals surface area contributed by atoms with Crippen LogP contribution in [0.5, 0.6) is 5.75 Å². The number of rotatable bonds is 6. The minimum Gasteiger partial charge on any atom is -0.497 e. The number of methoxy groups -OCH3 is 1. The monoisotopic (exact) mass is 430 g/mol. The molecule has 4 aromatic rings. The van der Waals surface area contributed by atoms with Crippen LogP contribution in [0.4, 0.5) is 24.5 Å². The summed E-state index contributed by atoms with van der Waals surface area (Å²) in [4.78, 5) is 11.6. The Kier molecular flexibility index (Phi) is 5.54. The molecule has 4 rings (SSSR count). The first kappa shape index (κ1) is 20.1. The second-order valence-corrected chi connectivity index (χ2v) is 7.48. The van der Waals surface area contributed by atoms with Gasteiger partial charge in [-0.15, -0.1) is 11.8 Å². The summed E-state index contributed by atoms with van der Waals surface area (Å²) in [6, 6.07) is 15.9. The van der Waals surface area contributed by atoms with E-state index in [1.165, 1.54) is 18.0 Å². The van der Waals surface area contributed by atoms with Crippen molar-refractivity contribution in [1.29, 1.82) is 0 Å². The first-order valence-corrected chi connectivity index (χ1v) is 9.95. The summed E-state index contributed by atoms with van der Waals surface area (Å²) in [5.41, 5.74) is 2.53. The number of benzene rings is 2. The number of thioether (sulfide) groups is 1. The van der Waals surface area contributed by atoms with E-state index in [0.717, 1.165) is 34.2 Å². The lowest BCUT2D eigenvalue weighted by molar-refractivity contribution is -0.141. The fraction of sp³-hybridized carbons (Fsp3) is 0.143. The van der Waals surface area contributed by atoms with Crippen LogP contribution in [0.25, 0.3) is 11.0 Å². The Balaban J connectivity index is 1.46. The summed E-state index contributed by atoms with van der Waals surface area (Å²) >= 11 is 1.27. The van der Waals surface area contributed by atoms with Gasteiger partial charge in [0.1, 0.15) is 17.3 Å². The summed E-state index contributed by atoms with van der Waals surface area (Å²) < 4.78 is 43.6. The van der Waals surface area contributed by atoms with Gasteiger partial charge in [0.15, 0.2) is 0 Å². The Morgan fingerprint density at radius 2 is 1.80 bits per heavy atom. The third-order valence-corrected chi connectivity index (χ3v) is 5.31. The molecule has 0 radical (unpaired) electrons. The first-order valence-electron chi connectivity index (χ1n) is 8.96. The fourth-order valence-corrected chi connectivity index (χ4v) is 3.65. The molecule has 0 saturated heterocycles. The molecule has 9 heteroatoms. The molecule has 0 aliphatic heterocycles. The lowest BCUT2D eigenvalue weighted by Gasteiger charge is -2.07. The Morgan fingerprint density at radius 1 is 1.03 bits per heavy atom. The predicted molar refractivity (Wildman–Crippen MR) is 111 cm³/mol. The fourth-order valence-electron chi connectivity index (χ4n) is 2.85. The molecule has 2 aromatic heterocycles. The van der Waals surface area contributed by atoms with Gasteiger partial charge in [0.25, 0.3) is 0 Å². The third kappa shape index (κ3) is 4.68. The van der Waals surface area contributed by atoms with Gasteiger partial charge >= 0.3 is 6.18 Å². The second kappa shape index (κ2) is 8.27. The minimum absolute atomic E-state index is 0.414. The van der Waals surface area contributed by atoms with Crippen molar-refractivity contribution in [2.24, 2.45) is 0 Å². The van der Waals surface area contributed by atoms with Crippen molar-refractivity contribution in [2.75, 3.05) is 12.4 Å². The lowest BCUT2D eigenvalue weighted by atomic mass is 10.2. The van der Waals surface area contributed by atoms with E-state index < -0.39 is 11.9 Å². The Labute approximate surface area is 174 Å². The van der Waals surface area contributed by atoms with E-state index in [9.17, 15) is 13.2 Å². The molecule has 5 nitrogen and oxygen atoms in total. The number of halogens is 3. The van der Waals surface area contributed by atoms with Gasteiger partial charge in [0.05, 0.1) is 23.9 Å². The van der Waals surface area contributed by atoms with Crippen molar-refractivity contribution in [3.05, 3.63) is 72.3 Å². The van der Waals surface area contributed by atoms with Crippen LogP contribution in [0.3, 0.4) is 0 Å². The molecule has 0 amide bonds. The summed E-state index contributed by atoms with van der Waals surface area (Å²) in [5.74, 6) is 1.88. The molecule has 0 atom stereocenters. The van der Waals surface area contributed by atoms with Gasteiger partial charge in [-0.05, 0) is 54.6 Å². The maximum Gasteiger partial charge on any atom is 0.433 e. The molecule has 2 N–H and O–H groups in total. The van der Waals surface area contributed by atoms with Crippen molar-refractivity contribution in [2.45, 2.75) is 16.8 Å². The van der Waals surface area contributed by atoms with Crippen molar-refractivity contribution in [1.82, 2.24) is 15.0 Å². The number of hydrogen-bond donors (Lipinski definition) is 2. The average molecular weight is 430 g/mol. The number of anilines is 2. The van der Waals surface area contributed by atoms with Crippen LogP contribution < -0.4 is 10.1 Å². The largest absolute Gasteiger partial charge is 0.497 e. The quantitative estimate of drug-likeness (QED) is 0.366. The van der Waals surface area contributed by atoms with Crippen molar-refractivity contribution in [3.8, 4) is 5.75 Å². The van der Waals surface area contributed by atoms with E-state index in [1.54, 1.807) is 13.2 Å². The van der Waals surface area contributed by atoms with E-state index in [-0.39, 0.29) is 0 Å². The van der Waals surface area contributed by atoms with E-state index in [2.05, 4.69) is 20.3 Å². The summed E-state index contributed by atoms with van der Waals surface area (Å²) in [6.45, 7) is 0. The van der Waals surface area contributed by atoms with Crippen molar-refractivity contribution >= 4 is 34.2 Å². The summed E-state index contributed by atoms with van der Waals surface area (Å²) in [7, 11) is 1.62. The number of pyridine rings is 1. The van der Waals surface area contributed by atoms with Gasteiger partial charge in [0.2, 0.25) is 0 Å². The standard InChI is InChI=1S/C21H17F3N4OS/c1-29-15-5-2-13(3-6-15)26-14-4-7-17-18(10-14)28-20(27-17)12-30-16-8-9-25-19(11-16)21(22,23)24/h2-11,26H,12H2,1H3,(H,27,28). The highest BCUT2D eigenvalue weighted by atomic mass is 32.2. The number of ether oxygens (including phenoxy) is 1. The van der Waals surface area contributed by atoms with Crippen LogP contribution in [0.1, 0.15) is 11.5 Å². The normalized spacial score (nSPS) is 11.6. The molecule has 0 spiro atoms. The summed E-state index contributed by atoms with van der Waals surface area (Å²) in [5, 5.41) is 3.31. The van der Waals surface area contributed by atoms with Crippen LogP contribution in [0, 0.1) is 0 Å². The number of fused-ring (bicyclic) bond motifs is 1. The molecule has 2 aromatic carbocycles. The van der Waals surface area contributed by atoms with Crippen molar-refractivity contribution in [3.63, 3.8) is 0 Å². The van der Waals surface area contributed by atoms with E-state index in [0.29, 0.717) is 16.5 Å². The Morgan fingerprint density at radius 3 is 2.53 bits per heavy atom. The number of alkyl halides is 3. The number of imidazole rings is 1. The number of nitrogens with zero attached hydrogens (tertiary/aromatic N) is 2. The maximum atomic E-state index is 12.8. The maximum absolute atomic E-state index is 12.8. The van der Waals surface area contributed by atoms with Crippen LogP contribution in [0.15, 0.2) is 65.7 Å². The van der Waals surface area contributed by atoms with Crippen molar-refractivity contribution < 1.29 is 17.9 Å². The second-order valence-electron chi connectivity index (χ2n) is 6.43. The molecule has 0 unspecified atom stereocenters. The highest BCUT2D eigenvalue weighted by molar-refractivity contribution is 7.98. The zero-order valence-electron chi connectivity index (χ0n) is 15.8. The van der Waals surface area contributed by atoms with Gasteiger partial charge in [-0.2, -0.15) is 13.2 Å². The smallest absolute Gasteiger partial charge is 0.433 e. The molecular weight excluding hydrogens is 413 g/mol. The van der Waals surface area contributed by atoms with E-state index in [1.807, 2.05) is 42.5 Å². The van der Waals surface area contributed by atoms with Crippen LogP contribution in [-0.2, 0) is 11.9 Å². The molecule has 0 fully saturated rings. The molecule has 0 aliphatic carbocycles. The van der Waals surface area contributed by atoms with Gasteiger partial charge in [-0.25, -0.2) is 4.98 Å². The highest BCUT2D eigenvalue weighted by Crippen LogP contribution is 2.31. The Bertz CT molecular complexity index is 1160. The lowest BCUT2D eigenvalue weighted by Crippen LogP contribution is -2.07.